The molecule has 8 heteroatoms. The van der Waals surface area contributed by atoms with Crippen molar-refractivity contribution in [2.24, 2.45) is 0 Å². The van der Waals surface area contributed by atoms with Gasteiger partial charge in [0.05, 0.1) is 5.75 Å². The molecule has 0 spiro atoms. The van der Waals surface area contributed by atoms with Crippen molar-refractivity contribution in [3.8, 4) is 0 Å². The molecule has 32 heavy (non-hydrogen) atoms. The summed E-state index contributed by atoms with van der Waals surface area (Å²) in [6, 6.07) is 11.2. The predicted octanol–water partition coefficient (Wildman–Crippen LogP) is 6.09. The van der Waals surface area contributed by atoms with Crippen LogP contribution in [0, 0.1) is 5.82 Å². The Morgan fingerprint density at radius 3 is 2.38 bits per heavy atom. The third-order valence-corrected chi connectivity index (χ3v) is 6.89. The van der Waals surface area contributed by atoms with Gasteiger partial charge in [0.2, 0.25) is 11.8 Å². The highest BCUT2D eigenvalue weighted by Crippen LogP contribution is 2.25. The summed E-state index contributed by atoms with van der Waals surface area (Å²) in [7, 11) is 0. The van der Waals surface area contributed by atoms with E-state index in [1.54, 1.807) is 23.1 Å². The molecule has 1 N–H and O–H groups in total. The summed E-state index contributed by atoms with van der Waals surface area (Å²) in [6.45, 7) is 6.01. The van der Waals surface area contributed by atoms with E-state index in [-0.39, 0.29) is 35.9 Å². The van der Waals surface area contributed by atoms with Crippen LogP contribution in [0.25, 0.3) is 0 Å². The first kappa shape index (κ1) is 26.5. The first-order valence-electron chi connectivity index (χ1n) is 10.6. The lowest BCUT2D eigenvalue weighted by Gasteiger charge is -2.31. The first-order valence-corrected chi connectivity index (χ1v) is 12.5. The van der Waals surface area contributed by atoms with Gasteiger partial charge >= 0.3 is 0 Å². The third-order valence-electron chi connectivity index (χ3n) is 5.22. The molecule has 0 radical (unpaired) electrons. The summed E-state index contributed by atoms with van der Waals surface area (Å²) < 4.78 is 14.0. The highest BCUT2D eigenvalue weighted by atomic mass is 35.5. The van der Waals surface area contributed by atoms with Gasteiger partial charge in [0.15, 0.2) is 0 Å². The van der Waals surface area contributed by atoms with Crippen molar-refractivity contribution in [3.63, 3.8) is 0 Å². The molecule has 2 aromatic rings. The van der Waals surface area contributed by atoms with E-state index in [0.717, 1.165) is 12.0 Å². The van der Waals surface area contributed by atoms with E-state index in [1.807, 2.05) is 39.0 Å². The molecule has 2 amide bonds. The predicted molar refractivity (Wildman–Crippen MR) is 132 cm³/mol. The van der Waals surface area contributed by atoms with Gasteiger partial charge in [0.25, 0.3) is 0 Å². The van der Waals surface area contributed by atoms with Gasteiger partial charge < -0.3 is 10.2 Å². The molecule has 0 fully saturated rings. The first-order chi connectivity index (χ1) is 15.3. The van der Waals surface area contributed by atoms with Gasteiger partial charge in [-0.1, -0.05) is 61.3 Å². The molecular formula is C24H29Cl2FN2O2S. The van der Waals surface area contributed by atoms with Crippen LogP contribution in [0.1, 0.15) is 44.7 Å². The second kappa shape index (κ2) is 13.1. The maximum absolute atomic E-state index is 14.0. The van der Waals surface area contributed by atoms with Crippen molar-refractivity contribution in [2.75, 3.05) is 5.75 Å². The summed E-state index contributed by atoms with van der Waals surface area (Å²) in [5, 5.41) is 3.84. The van der Waals surface area contributed by atoms with Crippen LogP contribution in [0.4, 0.5) is 4.39 Å². The molecule has 0 unspecified atom stereocenters. The fraction of sp³-hybridized carbons (Fsp3) is 0.417. The maximum atomic E-state index is 14.0. The van der Waals surface area contributed by atoms with Gasteiger partial charge in [-0.15, -0.1) is 11.8 Å². The lowest BCUT2D eigenvalue weighted by atomic mass is 10.1. The Labute approximate surface area is 203 Å². The number of rotatable bonds is 11. The number of halogens is 3. The zero-order chi connectivity index (χ0) is 23.7. The van der Waals surface area contributed by atoms with E-state index in [4.69, 9.17) is 23.2 Å². The molecule has 0 aromatic heterocycles. The number of thioether (sulfide) groups is 1. The Hall–Kier alpha value is -1.76. The molecule has 0 heterocycles. The Morgan fingerprint density at radius 2 is 1.75 bits per heavy atom. The fourth-order valence-corrected chi connectivity index (χ4v) is 4.61. The van der Waals surface area contributed by atoms with Crippen molar-refractivity contribution < 1.29 is 14.0 Å². The van der Waals surface area contributed by atoms with Gasteiger partial charge in [0, 0.05) is 33.9 Å². The van der Waals surface area contributed by atoms with Crippen LogP contribution >= 0.6 is 35.0 Å². The molecule has 0 bridgehead atoms. The number of nitrogens with one attached hydrogen (secondary N) is 1. The van der Waals surface area contributed by atoms with Crippen LogP contribution in [0.5, 0.6) is 0 Å². The Balaban J connectivity index is 2.19. The Bertz CT molecular complexity index is 908. The van der Waals surface area contributed by atoms with Crippen molar-refractivity contribution in [2.45, 2.75) is 58.0 Å². The lowest BCUT2D eigenvalue weighted by Crippen LogP contribution is -2.51. The van der Waals surface area contributed by atoms with Gasteiger partial charge in [-0.3, -0.25) is 9.59 Å². The molecule has 0 aliphatic heterocycles. The molecule has 2 atom stereocenters. The molecule has 0 aliphatic rings. The number of hydrogen-bond donors (Lipinski definition) is 1. The number of carbonyl (C=O) groups is 2. The highest BCUT2D eigenvalue weighted by Gasteiger charge is 2.29. The average Bonchev–Trinajstić information content (AvgIpc) is 2.76. The zero-order valence-electron chi connectivity index (χ0n) is 18.5. The summed E-state index contributed by atoms with van der Waals surface area (Å²) in [4.78, 5) is 27.7. The van der Waals surface area contributed by atoms with E-state index in [9.17, 15) is 14.0 Å². The standard InChI is InChI=1S/C24H29Cl2FN2O2S/c1-4-16(3)28-24(31)22(5-2)29(13-17-9-6-7-10-19(17)25)23(30)15-32-14-18-20(26)11-8-12-21(18)27/h6-12,16,22H,4-5,13-15H2,1-3H3,(H,28,31)/t16-,22-/m0/s1. The largest absolute Gasteiger partial charge is 0.352 e. The summed E-state index contributed by atoms with van der Waals surface area (Å²) in [5.41, 5.74) is 1.13. The number of amides is 2. The summed E-state index contributed by atoms with van der Waals surface area (Å²) in [5.74, 6) is -0.461. The topological polar surface area (TPSA) is 49.4 Å². The number of carbonyl (C=O) groups excluding carboxylic acids is 2. The average molecular weight is 499 g/mol. The van der Waals surface area contributed by atoms with Crippen molar-refractivity contribution in [1.29, 1.82) is 0 Å². The van der Waals surface area contributed by atoms with Crippen LogP contribution in [-0.4, -0.2) is 34.6 Å². The monoisotopic (exact) mass is 498 g/mol. The Kier molecular flexibility index (Phi) is 10.8. The van der Waals surface area contributed by atoms with Crippen LogP contribution in [0.15, 0.2) is 42.5 Å². The van der Waals surface area contributed by atoms with E-state index < -0.39 is 11.9 Å². The van der Waals surface area contributed by atoms with Crippen LogP contribution in [0.3, 0.4) is 0 Å². The van der Waals surface area contributed by atoms with E-state index in [1.165, 1.54) is 17.8 Å². The van der Waals surface area contributed by atoms with Crippen LogP contribution < -0.4 is 5.32 Å². The number of hydrogen-bond acceptors (Lipinski definition) is 3. The van der Waals surface area contributed by atoms with Crippen LogP contribution in [0.2, 0.25) is 10.0 Å². The van der Waals surface area contributed by atoms with E-state index >= 15 is 0 Å². The molecule has 2 aromatic carbocycles. The van der Waals surface area contributed by atoms with Gasteiger partial charge in [0.1, 0.15) is 11.9 Å². The van der Waals surface area contributed by atoms with Crippen molar-refractivity contribution >= 4 is 46.8 Å². The lowest BCUT2D eigenvalue weighted by molar-refractivity contribution is -0.139. The zero-order valence-corrected chi connectivity index (χ0v) is 20.9. The maximum Gasteiger partial charge on any atom is 0.243 e. The summed E-state index contributed by atoms with van der Waals surface area (Å²) >= 11 is 13.7. The normalized spacial score (nSPS) is 12.8. The van der Waals surface area contributed by atoms with Gasteiger partial charge in [-0.05, 0) is 43.5 Å². The van der Waals surface area contributed by atoms with Crippen molar-refractivity contribution in [3.05, 3.63) is 69.5 Å². The second-order valence-corrected chi connectivity index (χ2v) is 9.35. The second-order valence-electron chi connectivity index (χ2n) is 7.55. The van der Waals surface area contributed by atoms with E-state index in [2.05, 4.69) is 5.32 Å². The number of benzene rings is 2. The third kappa shape index (κ3) is 7.39. The molecule has 4 nitrogen and oxygen atoms in total. The molecule has 174 valence electrons. The molecular weight excluding hydrogens is 470 g/mol. The quantitative estimate of drug-likeness (QED) is 0.407. The molecule has 0 saturated carbocycles. The van der Waals surface area contributed by atoms with Gasteiger partial charge in [-0.25, -0.2) is 4.39 Å². The molecule has 0 aliphatic carbocycles. The minimum atomic E-state index is -0.634. The fourth-order valence-electron chi connectivity index (χ4n) is 3.16. The smallest absolute Gasteiger partial charge is 0.243 e. The highest BCUT2D eigenvalue weighted by molar-refractivity contribution is 7.99. The van der Waals surface area contributed by atoms with E-state index in [0.29, 0.717) is 22.0 Å². The number of nitrogens with zero attached hydrogens (tertiary/aromatic N) is 1. The minimum absolute atomic E-state index is 0.00591. The minimum Gasteiger partial charge on any atom is -0.352 e. The van der Waals surface area contributed by atoms with Crippen molar-refractivity contribution in [1.82, 2.24) is 10.2 Å². The molecule has 2 rings (SSSR count). The summed E-state index contributed by atoms with van der Waals surface area (Å²) in [6.07, 6.45) is 1.25. The molecule has 0 saturated heterocycles. The van der Waals surface area contributed by atoms with Crippen LogP contribution in [-0.2, 0) is 21.9 Å². The SMILES string of the molecule is CC[C@H](C)NC(=O)[C@H](CC)N(Cc1ccccc1Cl)C(=O)CSCc1c(F)cccc1Cl. The van der Waals surface area contributed by atoms with Gasteiger partial charge in [-0.2, -0.15) is 0 Å². The Morgan fingerprint density at radius 1 is 1.06 bits per heavy atom.